The fraction of sp³-hybridized carbons (Fsp3) is 0.600. The van der Waals surface area contributed by atoms with E-state index in [2.05, 4.69) is 0 Å². The van der Waals surface area contributed by atoms with Crippen LogP contribution in [0.4, 0.5) is 0 Å². The van der Waals surface area contributed by atoms with Gasteiger partial charge in [0.25, 0.3) is 0 Å². The Hall–Kier alpha value is -1.32. The summed E-state index contributed by atoms with van der Waals surface area (Å²) in [6.45, 7) is 2.95. The molecule has 0 amide bonds. The highest BCUT2D eigenvalue weighted by Crippen LogP contribution is 2.47. The molecule has 2 atom stereocenters. The van der Waals surface area contributed by atoms with Gasteiger partial charge in [-0.05, 0) is 26.7 Å². The van der Waals surface area contributed by atoms with E-state index in [1.54, 1.807) is 6.08 Å². The molecule has 1 aliphatic rings. The molecule has 1 aliphatic carbocycles. The van der Waals surface area contributed by atoms with Crippen LogP contribution in [0.3, 0.4) is 0 Å². The molecule has 0 aliphatic heterocycles. The van der Waals surface area contributed by atoms with Gasteiger partial charge in [-0.3, -0.25) is 9.59 Å². The van der Waals surface area contributed by atoms with Crippen LogP contribution in [0.25, 0.3) is 0 Å². The maximum Gasteiger partial charge on any atom is 0.314 e. The summed E-state index contributed by atoms with van der Waals surface area (Å²) >= 11 is 0. The smallest absolute Gasteiger partial charge is 0.314 e. The topological polar surface area (TPSA) is 74.6 Å². The standard InChI is InChI=1S/C10H14O4/c1-9(7(11)12)5-3-4-6-10(9,2)8(13)14/h3,5H,4,6H2,1-2H3,(H,11,12)(H,13,14). The summed E-state index contributed by atoms with van der Waals surface area (Å²) in [7, 11) is 0. The van der Waals surface area contributed by atoms with Crippen LogP contribution < -0.4 is 0 Å². The van der Waals surface area contributed by atoms with E-state index in [-0.39, 0.29) is 0 Å². The van der Waals surface area contributed by atoms with Gasteiger partial charge in [0.05, 0.1) is 10.8 Å². The van der Waals surface area contributed by atoms with E-state index in [4.69, 9.17) is 10.2 Å². The molecule has 0 aromatic carbocycles. The van der Waals surface area contributed by atoms with Gasteiger partial charge in [0.1, 0.15) is 0 Å². The van der Waals surface area contributed by atoms with Gasteiger partial charge in [-0.2, -0.15) is 0 Å². The van der Waals surface area contributed by atoms with Crippen LogP contribution in [0.2, 0.25) is 0 Å². The second-order valence-corrected chi connectivity index (χ2v) is 4.09. The Morgan fingerprint density at radius 2 is 1.79 bits per heavy atom. The number of rotatable bonds is 2. The molecule has 14 heavy (non-hydrogen) atoms. The lowest BCUT2D eigenvalue weighted by Gasteiger charge is -2.40. The van der Waals surface area contributed by atoms with Crippen molar-refractivity contribution in [1.82, 2.24) is 0 Å². The van der Waals surface area contributed by atoms with Crippen molar-refractivity contribution in [2.45, 2.75) is 26.7 Å². The highest BCUT2D eigenvalue weighted by Gasteiger charge is 2.54. The van der Waals surface area contributed by atoms with Gasteiger partial charge in [0.2, 0.25) is 0 Å². The molecule has 0 saturated carbocycles. The van der Waals surface area contributed by atoms with E-state index in [0.717, 1.165) is 0 Å². The SMILES string of the molecule is CC1(C(=O)O)C=CCCC1(C)C(=O)O. The van der Waals surface area contributed by atoms with E-state index in [9.17, 15) is 9.59 Å². The molecule has 1 rings (SSSR count). The van der Waals surface area contributed by atoms with Gasteiger partial charge in [-0.25, -0.2) is 0 Å². The highest BCUT2D eigenvalue weighted by atomic mass is 16.4. The number of carbonyl (C=O) groups is 2. The van der Waals surface area contributed by atoms with Crippen LogP contribution >= 0.6 is 0 Å². The van der Waals surface area contributed by atoms with Gasteiger partial charge >= 0.3 is 11.9 Å². The summed E-state index contributed by atoms with van der Waals surface area (Å²) in [5.74, 6) is -2.13. The molecular weight excluding hydrogens is 184 g/mol. The molecule has 2 unspecified atom stereocenters. The third kappa shape index (κ3) is 1.22. The van der Waals surface area contributed by atoms with E-state index >= 15 is 0 Å². The van der Waals surface area contributed by atoms with Crippen LogP contribution in [0.15, 0.2) is 12.2 Å². The lowest BCUT2D eigenvalue weighted by molar-refractivity contribution is -0.168. The Kier molecular flexibility index (Phi) is 2.39. The maximum atomic E-state index is 11.1. The van der Waals surface area contributed by atoms with E-state index in [1.165, 1.54) is 19.9 Å². The van der Waals surface area contributed by atoms with E-state index in [0.29, 0.717) is 12.8 Å². The third-order valence-corrected chi connectivity index (χ3v) is 3.32. The molecule has 0 aromatic heterocycles. The number of carboxylic acid groups (broad SMARTS) is 2. The molecule has 0 heterocycles. The lowest BCUT2D eigenvalue weighted by Crippen LogP contribution is -2.49. The summed E-state index contributed by atoms with van der Waals surface area (Å²) in [5.41, 5.74) is -2.52. The predicted octanol–water partition coefficient (Wildman–Crippen LogP) is 1.52. The molecule has 0 spiro atoms. The van der Waals surface area contributed by atoms with Gasteiger partial charge in [-0.1, -0.05) is 12.2 Å². The van der Waals surface area contributed by atoms with Crippen LogP contribution in [-0.2, 0) is 9.59 Å². The zero-order valence-corrected chi connectivity index (χ0v) is 8.28. The minimum Gasteiger partial charge on any atom is -0.481 e. The van der Waals surface area contributed by atoms with Crippen LogP contribution in [0.1, 0.15) is 26.7 Å². The Bertz CT molecular complexity index is 307. The van der Waals surface area contributed by atoms with Gasteiger partial charge in [0.15, 0.2) is 0 Å². The molecule has 78 valence electrons. The molecular formula is C10H14O4. The first-order chi connectivity index (χ1) is 6.34. The van der Waals surface area contributed by atoms with Crippen LogP contribution in [-0.4, -0.2) is 22.2 Å². The van der Waals surface area contributed by atoms with Crippen molar-refractivity contribution in [1.29, 1.82) is 0 Å². The highest BCUT2D eigenvalue weighted by molar-refractivity contribution is 5.88. The average molecular weight is 198 g/mol. The number of aliphatic carboxylic acids is 2. The second-order valence-electron chi connectivity index (χ2n) is 4.09. The fourth-order valence-corrected chi connectivity index (χ4v) is 1.77. The van der Waals surface area contributed by atoms with Gasteiger partial charge in [-0.15, -0.1) is 0 Å². The Labute approximate surface area is 82.2 Å². The zero-order valence-electron chi connectivity index (χ0n) is 8.28. The predicted molar refractivity (Wildman–Crippen MR) is 49.9 cm³/mol. The third-order valence-electron chi connectivity index (χ3n) is 3.32. The van der Waals surface area contributed by atoms with Crippen molar-refractivity contribution in [2.24, 2.45) is 10.8 Å². The van der Waals surface area contributed by atoms with Crippen molar-refractivity contribution in [3.05, 3.63) is 12.2 Å². The molecule has 0 saturated heterocycles. The lowest BCUT2D eigenvalue weighted by atomic mass is 9.60. The van der Waals surface area contributed by atoms with Crippen LogP contribution in [0, 0.1) is 10.8 Å². The first-order valence-corrected chi connectivity index (χ1v) is 4.49. The molecule has 4 nitrogen and oxygen atoms in total. The Morgan fingerprint density at radius 1 is 1.21 bits per heavy atom. The molecule has 2 N–H and O–H groups in total. The summed E-state index contributed by atoms with van der Waals surface area (Å²) in [6, 6.07) is 0. The van der Waals surface area contributed by atoms with Gasteiger partial charge < -0.3 is 10.2 Å². The monoisotopic (exact) mass is 198 g/mol. The van der Waals surface area contributed by atoms with Crippen molar-refractivity contribution < 1.29 is 19.8 Å². The summed E-state index contributed by atoms with van der Waals surface area (Å²) in [6.07, 6.45) is 4.21. The van der Waals surface area contributed by atoms with E-state index in [1.807, 2.05) is 0 Å². The molecule has 0 bridgehead atoms. The average Bonchev–Trinajstić information content (AvgIpc) is 2.09. The molecule has 0 radical (unpaired) electrons. The van der Waals surface area contributed by atoms with Crippen molar-refractivity contribution >= 4 is 11.9 Å². The number of carboxylic acids is 2. The summed E-state index contributed by atoms with van der Waals surface area (Å²) in [5, 5.41) is 18.2. The molecule has 0 aromatic rings. The maximum absolute atomic E-state index is 11.1. The van der Waals surface area contributed by atoms with Crippen molar-refractivity contribution in [3.63, 3.8) is 0 Å². The summed E-state index contributed by atoms with van der Waals surface area (Å²) < 4.78 is 0. The zero-order chi connectivity index (χ0) is 11.0. The first-order valence-electron chi connectivity index (χ1n) is 4.49. The minimum absolute atomic E-state index is 0.363. The number of hydrogen-bond acceptors (Lipinski definition) is 2. The minimum atomic E-state index is -1.31. The first kappa shape index (κ1) is 10.8. The Balaban J connectivity index is 3.24. The van der Waals surface area contributed by atoms with Crippen molar-refractivity contribution in [2.75, 3.05) is 0 Å². The number of allylic oxidation sites excluding steroid dienone is 1. The van der Waals surface area contributed by atoms with Crippen molar-refractivity contribution in [3.8, 4) is 0 Å². The molecule has 4 heteroatoms. The van der Waals surface area contributed by atoms with Crippen LogP contribution in [0.5, 0.6) is 0 Å². The Morgan fingerprint density at radius 3 is 2.14 bits per heavy atom. The summed E-state index contributed by atoms with van der Waals surface area (Å²) in [4.78, 5) is 22.2. The number of hydrogen-bond donors (Lipinski definition) is 2. The van der Waals surface area contributed by atoms with Gasteiger partial charge in [0, 0.05) is 0 Å². The normalized spacial score (nSPS) is 36.7. The molecule has 0 fully saturated rings. The largest absolute Gasteiger partial charge is 0.481 e. The quantitative estimate of drug-likeness (QED) is 0.659. The van der Waals surface area contributed by atoms with E-state index < -0.39 is 22.8 Å². The fourth-order valence-electron chi connectivity index (χ4n) is 1.77. The second kappa shape index (κ2) is 3.12.